The minimum Gasteiger partial charge on any atom is -0.481 e. The molecule has 1 saturated carbocycles. The van der Waals surface area contributed by atoms with Crippen LogP contribution in [-0.4, -0.2) is 39.3 Å². The number of aliphatic carboxylic acids is 1. The van der Waals surface area contributed by atoms with E-state index in [0.29, 0.717) is 31.3 Å². The lowest BCUT2D eigenvalue weighted by molar-refractivity contribution is -0.137. The quantitative estimate of drug-likeness (QED) is 0.284. The molecule has 25 heavy (non-hydrogen) atoms. The average molecular weight is 352 g/mol. The first-order valence-electron chi connectivity index (χ1n) is 9.41. The number of ketones is 1. The molecule has 0 spiro atoms. The van der Waals surface area contributed by atoms with Crippen LogP contribution in [0.4, 0.5) is 0 Å². The van der Waals surface area contributed by atoms with Crippen LogP contribution in [0.2, 0.25) is 0 Å². The third-order valence-corrected chi connectivity index (χ3v) is 4.65. The van der Waals surface area contributed by atoms with E-state index in [1.165, 1.54) is 0 Å². The Labute approximate surface area is 150 Å². The highest BCUT2D eigenvalue weighted by Crippen LogP contribution is 2.32. The molecular formula is C20H32O5. The summed E-state index contributed by atoms with van der Waals surface area (Å²) in [4.78, 5) is 22.5. The van der Waals surface area contributed by atoms with Gasteiger partial charge in [0.1, 0.15) is 0 Å². The molecule has 1 aliphatic rings. The number of hydrogen-bond acceptors (Lipinski definition) is 4. The van der Waals surface area contributed by atoms with E-state index in [1.54, 1.807) is 6.08 Å². The summed E-state index contributed by atoms with van der Waals surface area (Å²) in [6.07, 6.45) is 11.1. The number of carbonyl (C=O) groups is 2. The van der Waals surface area contributed by atoms with Crippen molar-refractivity contribution in [3.8, 4) is 0 Å². The first-order valence-corrected chi connectivity index (χ1v) is 9.41. The second-order valence-electron chi connectivity index (χ2n) is 6.84. The Kier molecular flexibility index (Phi) is 10.3. The summed E-state index contributed by atoms with van der Waals surface area (Å²) in [6.45, 7) is 2.12. The smallest absolute Gasteiger partial charge is 0.303 e. The molecule has 0 saturated heterocycles. The van der Waals surface area contributed by atoms with Gasteiger partial charge in [-0.25, -0.2) is 0 Å². The van der Waals surface area contributed by atoms with Crippen LogP contribution < -0.4 is 0 Å². The van der Waals surface area contributed by atoms with E-state index in [0.717, 1.165) is 25.7 Å². The molecule has 3 atom stereocenters. The predicted octanol–water partition coefficient (Wildman–Crippen LogP) is 3.40. The molecular weight excluding hydrogens is 320 g/mol. The van der Waals surface area contributed by atoms with E-state index in [-0.39, 0.29) is 24.5 Å². The van der Waals surface area contributed by atoms with Crippen LogP contribution in [0.3, 0.4) is 0 Å². The molecule has 2 unspecified atom stereocenters. The standard InChI is InChI=1S/C20H32O5/c1-2-3-6-9-15(21)12-13-17-16(18(22)14-19(17)23)10-7-4-5-8-11-20(24)25/h4,7,13,15-16,18,21-22H,2-3,5-6,8-12,14H2,1H3,(H,24,25)/t15?,16-,18?/m1/s1. The molecule has 142 valence electrons. The Morgan fingerprint density at radius 3 is 2.72 bits per heavy atom. The normalized spacial score (nSPS) is 23.6. The third kappa shape index (κ3) is 8.45. The van der Waals surface area contributed by atoms with Gasteiger partial charge in [0.05, 0.1) is 12.2 Å². The summed E-state index contributed by atoms with van der Waals surface area (Å²) >= 11 is 0. The SMILES string of the molecule is CCCCCC(O)CC=C1C(=O)CC(O)[C@@H]1CC=CCCCC(=O)O. The van der Waals surface area contributed by atoms with Gasteiger partial charge in [0.2, 0.25) is 0 Å². The maximum absolute atomic E-state index is 12.1. The fourth-order valence-electron chi connectivity index (χ4n) is 3.16. The number of Topliss-reactive ketones (excluding diaryl/α,β-unsaturated/α-hetero) is 1. The Balaban J connectivity index is 2.49. The number of allylic oxidation sites excluding steroid dienone is 2. The Bertz CT molecular complexity index is 480. The first-order chi connectivity index (χ1) is 12.0. The minimum absolute atomic E-state index is 0.0301. The van der Waals surface area contributed by atoms with Gasteiger partial charge >= 0.3 is 5.97 Å². The van der Waals surface area contributed by atoms with Crippen molar-refractivity contribution in [3.63, 3.8) is 0 Å². The van der Waals surface area contributed by atoms with Gasteiger partial charge in [-0.15, -0.1) is 0 Å². The van der Waals surface area contributed by atoms with Crippen LogP contribution in [0.5, 0.6) is 0 Å². The van der Waals surface area contributed by atoms with Crippen LogP contribution in [0, 0.1) is 5.92 Å². The number of carboxylic acid groups (broad SMARTS) is 1. The van der Waals surface area contributed by atoms with Gasteiger partial charge < -0.3 is 15.3 Å². The van der Waals surface area contributed by atoms with E-state index in [1.807, 2.05) is 12.2 Å². The summed E-state index contributed by atoms with van der Waals surface area (Å²) < 4.78 is 0. The zero-order valence-corrected chi connectivity index (χ0v) is 15.2. The van der Waals surface area contributed by atoms with Crippen molar-refractivity contribution in [1.82, 2.24) is 0 Å². The highest BCUT2D eigenvalue weighted by Gasteiger charge is 2.35. The monoisotopic (exact) mass is 352 g/mol. The number of carboxylic acids is 1. The average Bonchev–Trinajstić information content (AvgIpc) is 2.82. The zero-order valence-electron chi connectivity index (χ0n) is 15.2. The highest BCUT2D eigenvalue weighted by molar-refractivity contribution is 5.98. The van der Waals surface area contributed by atoms with Crippen molar-refractivity contribution in [3.05, 3.63) is 23.8 Å². The van der Waals surface area contributed by atoms with E-state index < -0.39 is 18.2 Å². The number of carbonyl (C=O) groups excluding carboxylic acids is 1. The van der Waals surface area contributed by atoms with Crippen LogP contribution in [0.1, 0.15) is 71.1 Å². The van der Waals surface area contributed by atoms with Crippen molar-refractivity contribution in [1.29, 1.82) is 0 Å². The molecule has 1 aliphatic carbocycles. The number of aliphatic hydroxyl groups excluding tert-OH is 2. The highest BCUT2D eigenvalue weighted by atomic mass is 16.4. The lowest BCUT2D eigenvalue weighted by Gasteiger charge is -2.14. The summed E-state index contributed by atoms with van der Waals surface area (Å²) in [5.74, 6) is -1.04. The molecule has 0 bridgehead atoms. The maximum atomic E-state index is 12.1. The number of aliphatic hydroxyl groups is 2. The van der Waals surface area contributed by atoms with E-state index in [4.69, 9.17) is 5.11 Å². The first kappa shape index (κ1) is 21.6. The summed E-state index contributed by atoms with van der Waals surface area (Å²) in [5, 5.41) is 28.7. The molecule has 0 aromatic heterocycles. The van der Waals surface area contributed by atoms with E-state index in [2.05, 4.69) is 6.92 Å². The largest absolute Gasteiger partial charge is 0.481 e. The minimum atomic E-state index is -0.798. The summed E-state index contributed by atoms with van der Waals surface area (Å²) in [6, 6.07) is 0. The summed E-state index contributed by atoms with van der Waals surface area (Å²) in [7, 11) is 0. The molecule has 0 amide bonds. The van der Waals surface area contributed by atoms with Crippen molar-refractivity contribution in [2.45, 2.75) is 83.3 Å². The topological polar surface area (TPSA) is 94.8 Å². The molecule has 5 heteroatoms. The van der Waals surface area contributed by atoms with Crippen molar-refractivity contribution < 1.29 is 24.9 Å². The fraction of sp³-hybridized carbons (Fsp3) is 0.700. The van der Waals surface area contributed by atoms with Crippen molar-refractivity contribution in [2.75, 3.05) is 0 Å². The van der Waals surface area contributed by atoms with Crippen LogP contribution in [-0.2, 0) is 9.59 Å². The van der Waals surface area contributed by atoms with E-state index in [9.17, 15) is 19.8 Å². The van der Waals surface area contributed by atoms with Gasteiger partial charge in [-0.2, -0.15) is 0 Å². The van der Waals surface area contributed by atoms with Gasteiger partial charge in [0.25, 0.3) is 0 Å². The van der Waals surface area contributed by atoms with Crippen LogP contribution >= 0.6 is 0 Å². The second kappa shape index (κ2) is 12.0. The third-order valence-electron chi connectivity index (χ3n) is 4.65. The Hall–Kier alpha value is -1.46. The second-order valence-corrected chi connectivity index (χ2v) is 6.84. The lowest BCUT2D eigenvalue weighted by atomic mass is 9.94. The molecule has 3 N–H and O–H groups in total. The zero-order chi connectivity index (χ0) is 18.7. The van der Waals surface area contributed by atoms with Crippen molar-refractivity contribution >= 4 is 11.8 Å². The molecule has 0 aliphatic heterocycles. The van der Waals surface area contributed by atoms with Gasteiger partial charge in [-0.3, -0.25) is 9.59 Å². The molecule has 1 fully saturated rings. The molecule has 5 nitrogen and oxygen atoms in total. The maximum Gasteiger partial charge on any atom is 0.303 e. The predicted molar refractivity (Wildman–Crippen MR) is 97.2 cm³/mol. The molecule has 0 aromatic rings. The fourth-order valence-corrected chi connectivity index (χ4v) is 3.16. The van der Waals surface area contributed by atoms with E-state index >= 15 is 0 Å². The van der Waals surface area contributed by atoms with Crippen LogP contribution in [0.25, 0.3) is 0 Å². The lowest BCUT2D eigenvalue weighted by Crippen LogP contribution is -2.14. The van der Waals surface area contributed by atoms with Gasteiger partial charge in [-0.1, -0.05) is 44.4 Å². The molecule has 1 rings (SSSR count). The van der Waals surface area contributed by atoms with Gasteiger partial charge in [0.15, 0.2) is 5.78 Å². The number of rotatable bonds is 12. The van der Waals surface area contributed by atoms with Crippen molar-refractivity contribution in [2.24, 2.45) is 5.92 Å². The molecule has 0 heterocycles. The summed E-state index contributed by atoms with van der Waals surface area (Å²) in [5.41, 5.74) is 0.636. The van der Waals surface area contributed by atoms with Crippen LogP contribution in [0.15, 0.2) is 23.8 Å². The number of unbranched alkanes of at least 4 members (excludes halogenated alkanes) is 3. The van der Waals surface area contributed by atoms with Gasteiger partial charge in [0, 0.05) is 18.8 Å². The Morgan fingerprint density at radius 1 is 1.28 bits per heavy atom. The van der Waals surface area contributed by atoms with Gasteiger partial charge in [-0.05, 0) is 37.7 Å². The number of hydrogen-bond donors (Lipinski definition) is 3. The Morgan fingerprint density at radius 2 is 2.04 bits per heavy atom. The molecule has 0 aromatic carbocycles. The molecule has 0 radical (unpaired) electrons.